The van der Waals surface area contributed by atoms with Gasteiger partial charge in [-0.05, 0) is 23.3 Å². The number of ether oxygens (including phenoxy) is 1. The maximum atomic E-state index is 12.1. The molecule has 0 saturated heterocycles. The summed E-state index contributed by atoms with van der Waals surface area (Å²) >= 11 is 0. The van der Waals surface area contributed by atoms with Gasteiger partial charge in [-0.15, -0.1) is 13.2 Å². The lowest BCUT2D eigenvalue weighted by Gasteiger charge is -2.11. The zero-order valence-electron chi connectivity index (χ0n) is 12.7. The summed E-state index contributed by atoms with van der Waals surface area (Å²) in [5, 5.41) is 2.93. The van der Waals surface area contributed by atoms with Gasteiger partial charge in [-0.25, -0.2) is 13.4 Å². The van der Waals surface area contributed by atoms with Crippen molar-refractivity contribution in [2.75, 3.05) is 11.6 Å². The first-order chi connectivity index (χ1) is 11.1. The molecule has 2 rings (SSSR count). The van der Waals surface area contributed by atoms with Crippen LogP contribution in [0.1, 0.15) is 11.1 Å². The van der Waals surface area contributed by atoms with Gasteiger partial charge < -0.3 is 10.1 Å². The highest BCUT2D eigenvalue weighted by molar-refractivity contribution is 7.89. The minimum atomic E-state index is -4.76. The third-order valence-electron chi connectivity index (χ3n) is 2.97. The molecule has 0 atom stereocenters. The Labute approximate surface area is 137 Å². The van der Waals surface area contributed by atoms with Crippen LogP contribution in [-0.4, -0.2) is 26.0 Å². The predicted octanol–water partition coefficient (Wildman–Crippen LogP) is 3.14. The quantitative estimate of drug-likeness (QED) is 0.857. The molecule has 0 spiro atoms. The van der Waals surface area contributed by atoms with E-state index in [0.29, 0.717) is 11.4 Å². The average molecular weight is 360 g/mol. The maximum absolute atomic E-state index is 12.1. The lowest BCUT2D eigenvalue weighted by molar-refractivity contribution is -0.274. The van der Waals surface area contributed by atoms with Gasteiger partial charge in [-0.1, -0.05) is 24.3 Å². The number of alkyl halides is 3. The van der Waals surface area contributed by atoms with E-state index in [4.69, 9.17) is 0 Å². The number of anilines is 1. The SMILES string of the molecule is CS(=O)(=O)Cc1ccccc1CNc1ccc(OC(F)(F)F)cn1. The number of hydrogen-bond acceptors (Lipinski definition) is 5. The van der Waals surface area contributed by atoms with E-state index in [0.717, 1.165) is 24.1 Å². The Morgan fingerprint density at radius 2 is 1.79 bits per heavy atom. The fourth-order valence-corrected chi connectivity index (χ4v) is 2.86. The highest BCUT2D eigenvalue weighted by atomic mass is 32.2. The minimum absolute atomic E-state index is 0.0867. The zero-order chi connectivity index (χ0) is 17.8. The molecule has 0 aliphatic rings. The second-order valence-electron chi connectivity index (χ2n) is 5.12. The van der Waals surface area contributed by atoms with E-state index < -0.39 is 21.9 Å². The van der Waals surface area contributed by atoms with Gasteiger partial charge in [0.05, 0.1) is 11.9 Å². The fraction of sp³-hybridized carbons (Fsp3) is 0.267. The van der Waals surface area contributed by atoms with Crippen molar-refractivity contribution < 1.29 is 26.3 Å². The van der Waals surface area contributed by atoms with E-state index >= 15 is 0 Å². The van der Waals surface area contributed by atoms with E-state index in [9.17, 15) is 21.6 Å². The molecular weight excluding hydrogens is 345 g/mol. The van der Waals surface area contributed by atoms with Crippen LogP contribution in [0, 0.1) is 0 Å². The van der Waals surface area contributed by atoms with Gasteiger partial charge in [-0.3, -0.25) is 0 Å². The van der Waals surface area contributed by atoms with Gasteiger partial charge in [0.2, 0.25) is 0 Å². The summed E-state index contributed by atoms with van der Waals surface area (Å²) in [6.45, 7) is 0.290. The van der Waals surface area contributed by atoms with E-state index in [1.807, 2.05) is 0 Å². The molecule has 9 heteroatoms. The first-order valence-electron chi connectivity index (χ1n) is 6.82. The standard InChI is InChI=1S/C15H15F3N2O3S/c1-24(21,22)10-12-5-3-2-4-11(12)8-19-14-7-6-13(9-20-14)23-15(16,17)18/h2-7,9H,8,10H2,1H3,(H,19,20). The monoisotopic (exact) mass is 360 g/mol. The summed E-state index contributed by atoms with van der Waals surface area (Å²) in [4.78, 5) is 3.83. The number of nitrogens with zero attached hydrogens (tertiary/aromatic N) is 1. The summed E-state index contributed by atoms with van der Waals surface area (Å²) in [6.07, 6.45) is -2.66. The molecule has 1 N–H and O–H groups in total. The molecule has 5 nitrogen and oxygen atoms in total. The fourth-order valence-electron chi connectivity index (χ4n) is 2.02. The van der Waals surface area contributed by atoms with E-state index in [1.165, 1.54) is 6.07 Å². The predicted molar refractivity (Wildman–Crippen MR) is 83.2 cm³/mol. The van der Waals surface area contributed by atoms with Crippen molar-refractivity contribution in [3.8, 4) is 5.75 Å². The van der Waals surface area contributed by atoms with E-state index in [-0.39, 0.29) is 12.3 Å². The van der Waals surface area contributed by atoms with Crippen molar-refractivity contribution in [2.45, 2.75) is 18.7 Å². The van der Waals surface area contributed by atoms with Crippen molar-refractivity contribution >= 4 is 15.7 Å². The first-order valence-corrected chi connectivity index (χ1v) is 8.89. The van der Waals surface area contributed by atoms with E-state index in [2.05, 4.69) is 15.0 Å². The number of halogens is 3. The van der Waals surface area contributed by atoms with Gasteiger partial charge in [0.15, 0.2) is 9.84 Å². The van der Waals surface area contributed by atoms with Crippen LogP contribution in [-0.2, 0) is 22.1 Å². The summed E-state index contributed by atoms with van der Waals surface area (Å²) in [6, 6.07) is 9.49. The van der Waals surface area contributed by atoms with Crippen LogP contribution in [0.5, 0.6) is 5.75 Å². The number of aromatic nitrogens is 1. The Hall–Kier alpha value is -2.29. The molecule has 2 aromatic rings. The second kappa shape index (κ2) is 7.08. The number of hydrogen-bond donors (Lipinski definition) is 1. The lowest BCUT2D eigenvalue weighted by atomic mass is 10.1. The highest BCUT2D eigenvalue weighted by Crippen LogP contribution is 2.22. The Kier molecular flexibility index (Phi) is 5.33. The molecule has 0 saturated carbocycles. The molecule has 0 amide bonds. The van der Waals surface area contributed by atoms with Crippen molar-refractivity contribution in [3.63, 3.8) is 0 Å². The molecule has 1 aromatic carbocycles. The molecule has 0 unspecified atom stereocenters. The average Bonchev–Trinajstić information content (AvgIpc) is 2.45. The molecule has 0 bridgehead atoms. The maximum Gasteiger partial charge on any atom is 0.573 e. The molecule has 0 fully saturated rings. The topological polar surface area (TPSA) is 68.3 Å². The number of nitrogens with one attached hydrogen (secondary N) is 1. The second-order valence-corrected chi connectivity index (χ2v) is 7.26. The summed E-state index contributed by atoms with van der Waals surface area (Å²) in [7, 11) is -3.17. The summed E-state index contributed by atoms with van der Waals surface area (Å²) in [5.41, 5.74) is 1.42. The number of rotatable bonds is 6. The van der Waals surface area contributed by atoms with Crippen molar-refractivity contribution in [1.29, 1.82) is 0 Å². The molecule has 24 heavy (non-hydrogen) atoms. The highest BCUT2D eigenvalue weighted by Gasteiger charge is 2.31. The van der Waals surface area contributed by atoms with Crippen LogP contribution < -0.4 is 10.1 Å². The Morgan fingerprint density at radius 3 is 2.33 bits per heavy atom. The molecule has 1 heterocycles. The van der Waals surface area contributed by atoms with Gasteiger partial charge in [0, 0.05) is 12.8 Å². The van der Waals surface area contributed by atoms with Crippen molar-refractivity contribution in [1.82, 2.24) is 4.98 Å². The summed E-state index contributed by atoms with van der Waals surface area (Å²) in [5.74, 6) is -0.152. The zero-order valence-corrected chi connectivity index (χ0v) is 13.5. The Balaban J connectivity index is 2.04. The first kappa shape index (κ1) is 18.1. The normalized spacial score (nSPS) is 12.0. The molecule has 130 valence electrons. The minimum Gasteiger partial charge on any atom is -0.404 e. The summed E-state index contributed by atoms with van der Waals surface area (Å²) < 4.78 is 62.8. The largest absolute Gasteiger partial charge is 0.573 e. The van der Waals surface area contributed by atoms with Crippen molar-refractivity contribution in [2.24, 2.45) is 0 Å². The molecule has 0 radical (unpaired) electrons. The third kappa shape index (κ3) is 6.07. The Bertz CT molecular complexity index is 790. The molecule has 0 aliphatic carbocycles. The van der Waals surface area contributed by atoms with Gasteiger partial charge in [0.1, 0.15) is 11.6 Å². The van der Waals surface area contributed by atoms with Crippen LogP contribution in [0.4, 0.5) is 19.0 Å². The van der Waals surface area contributed by atoms with Crippen LogP contribution in [0.25, 0.3) is 0 Å². The van der Waals surface area contributed by atoms with Crippen LogP contribution in [0.3, 0.4) is 0 Å². The molecule has 0 aliphatic heterocycles. The van der Waals surface area contributed by atoms with E-state index in [1.54, 1.807) is 24.3 Å². The van der Waals surface area contributed by atoms with Crippen LogP contribution in [0.2, 0.25) is 0 Å². The van der Waals surface area contributed by atoms with Gasteiger partial charge in [-0.2, -0.15) is 0 Å². The van der Waals surface area contributed by atoms with Crippen molar-refractivity contribution in [3.05, 3.63) is 53.7 Å². The third-order valence-corrected chi connectivity index (χ3v) is 3.80. The van der Waals surface area contributed by atoms with Crippen LogP contribution in [0.15, 0.2) is 42.6 Å². The lowest BCUT2D eigenvalue weighted by Crippen LogP contribution is -2.17. The number of pyridine rings is 1. The smallest absolute Gasteiger partial charge is 0.404 e. The van der Waals surface area contributed by atoms with Gasteiger partial charge >= 0.3 is 6.36 Å². The molecular formula is C15H15F3N2O3S. The Morgan fingerprint density at radius 1 is 1.12 bits per heavy atom. The molecule has 1 aromatic heterocycles. The van der Waals surface area contributed by atoms with Crippen LogP contribution >= 0.6 is 0 Å². The van der Waals surface area contributed by atoms with Gasteiger partial charge in [0.25, 0.3) is 0 Å². The number of benzene rings is 1. The number of sulfone groups is 1.